The van der Waals surface area contributed by atoms with Gasteiger partial charge < -0.3 is 10.5 Å². The Labute approximate surface area is 128 Å². The minimum absolute atomic E-state index is 0.0741. The number of sulfonamides is 1. The van der Waals surface area contributed by atoms with Crippen molar-refractivity contribution in [1.29, 1.82) is 0 Å². The van der Waals surface area contributed by atoms with Crippen molar-refractivity contribution in [3.63, 3.8) is 0 Å². The van der Waals surface area contributed by atoms with E-state index in [2.05, 4.69) is 4.72 Å². The number of hydrogen-bond donors (Lipinski definition) is 2. The average Bonchev–Trinajstić information content (AvgIpc) is 2.92. The smallest absolute Gasteiger partial charge is 0.243 e. The van der Waals surface area contributed by atoms with Crippen LogP contribution in [0.1, 0.15) is 25.7 Å². The summed E-state index contributed by atoms with van der Waals surface area (Å²) in [5.74, 6) is -1.00. The van der Waals surface area contributed by atoms with Gasteiger partial charge in [0.15, 0.2) is 5.82 Å². The van der Waals surface area contributed by atoms with Gasteiger partial charge in [0.05, 0.1) is 17.7 Å². The molecule has 0 atom stereocenters. The molecular weight excluding hydrogens is 319 g/mol. The number of benzene rings is 1. The topological polar surface area (TPSA) is 81.4 Å². The van der Waals surface area contributed by atoms with Crippen molar-refractivity contribution in [3.8, 4) is 0 Å². The minimum Gasteiger partial charge on any atom is -0.399 e. The van der Waals surface area contributed by atoms with Gasteiger partial charge in [-0.1, -0.05) is 24.4 Å². The van der Waals surface area contributed by atoms with Gasteiger partial charge >= 0.3 is 0 Å². The van der Waals surface area contributed by atoms with E-state index in [1.54, 1.807) is 0 Å². The quantitative estimate of drug-likeness (QED) is 0.617. The SMILES string of the molecule is Nc1cc(Cl)c(F)c(S(=O)(=O)NCCOC2CCCC2)c1. The lowest BCUT2D eigenvalue weighted by molar-refractivity contribution is 0.0626. The van der Waals surface area contributed by atoms with Crippen LogP contribution in [-0.2, 0) is 14.8 Å². The average molecular weight is 337 g/mol. The van der Waals surface area contributed by atoms with Crippen LogP contribution >= 0.6 is 11.6 Å². The largest absolute Gasteiger partial charge is 0.399 e. The van der Waals surface area contributed by atoms with Crippen LogP contribution in [0.15, 0.2) is 17.0 Å². The molecular formula is C13H18ClFN2O3S. The molecule has 0 radical (unpaired) electrons. The van der Waals surface area contributed by atoms with E-state index < -0.39 is 20.7 Å². The predicted octanol–water partition coefficient (Wildman–Crippen LogP) is 2.30. The molecule has 2 rings (SSSR count). The summed E-state index contributed by atoms with van der Waals surface area (Å²) in [4.78, 5) is -0.548. The summed E-state index contributed by atoms with van der Waals surface area (Å²) in [5, 5.41) is -0.322. The minimum atomic E-state index is -4.00. The van der Waals surface area contributed by atoms with Gasteiger partial charge in [0.1, 0.15) is 4.90 Å². The number of rotatable bonds is 6. The number of halogens is 2. The maximum atomic E-state index is 13.8. The van der Waals surface area contributed by atoms with Gasteiger partial charge in [-0.25, -0.2) is 17.5 Å². The Morgan fingerprint density at radius 3 is 2.71 bits per heavy atom. The Morgan fingerprint density at radius 1 is 1.38 bits per heavy atom. The number of anilines is 1. The van der Waals surface area contributed by atoms with Crippen LogP contribution in [0.3, 0.4) is 0 Å². The number of ether oxygens (including phenoxy) is 1. The molecule has 5 nitrogen and oxygen atoms in total. The molecule has 1 aliphatic carbocycles. The molecule has 0 spiro atoms. The maximum absolute atomic E-state index is 13.8. The van der Waals surface area contributed by atoms with Crippen LogP contribution in [0.5, 0.6) is 0 Å². The molecule has 0 aliphatic heterocycles. The van der Waals surface area contributed by atoms with E-state index in [-0.39, 0.29) is 30.0 Å². The molecule has 8 heteroatoms. The molecule has 1 fully saturated rings. The molecule has 21 heavy (non-hydrogen) atoms. The van der Waals surface area contributed by atoms with E-state index >= 15 is 0 Å². The molecule has 0 amide bonds. The third-order valence-electron chi connectivity index (χ3n) is 3.36. The first kappa shape index (κ1) is 16.5. The van der Waals surface area contributed by atoms with Crippen molar-refractivity contribution in [1.82, 2.24) is 4.72 Å². The summed E-state index contributed by atoms with van der Waals surface area (Å²) in [5.41, 5.74) is 5.58. The van der Waals surface area contributed by atoms with Gasteiger partial charge in [0, 0.05) is 12.2 Å². The highest BCUT2D eigenvalue weighted by molar-refractivity contribution is 7.89. The molecule has 1 aliphatic rings. The second-order valence-corrected chi connectivity index (χ2v) is 7.13. The van der Waals surface area contributed by atoms with Gasteiger partial charge in [-0.3, -0.25) is 0 Å². The molecule has 0 bridgehead atoms. The molecule has 3 N–H and O–H groups in total. The molecule has 1 aromatic carbocycles. The maximum Gasteiger partial charge on any atom is 0.243 e. The molecule has 0 heterocycles. The van der Waals surface area contributed by atoms with Gasteiger partial charge in [-0.05, 0) is 25.0 Å². The summed E-state index contributed by atoms with van der Waals surface area (Å²) in [7, 11) is -4.00. The molecule has 118 valence electrons. The monoisotopic (exact) mass is 336 g/mol. The first-order valence-electron chi connectivity index (χ1n) is 6.76. The van der Waals surface area contributed by atoms with E-state index in [9.17, 15) is 12.8 Å². The van der Waals surface area contributed by atoms with Crippen LogP contribution in [0, 0.1) is 5.82 Å². The predicted molar refractivity (Wildman–Crippen MR) is 79.2 cm³/mol. The molecule has 1 aromatic rings. The molecule has 1 saturated carbocycles. The van der Waals surface area contributed by atoms with Crippen molar-refractivity contribution in [2.24, 2.45) is 0 Å². The number of hydrogen-bond acceptors (Lipinski definition) is 4. The van der Waals surface area contributed by atoms with Crippen LogP contribution in [0.2, 0.25) is 5.02 Å². The highest BCUT2D eigenvalue weighted by atomic mass is 35.5. The standard InChI is InChI=1S/C13H18ClFN2O3S/c14-11-7-9(16)8-12(13(11)15)21(18,19)17-5-6-20-10-3-1-2-4-10/h7-8,10,17H,1-6,16H2. The fraction of sp³-hybridized carbons (Fsp3) is 0.538. The summed E-state index contributed by atoms with van der Waals surface area (Å²) in [6.07, 6.45) is 4.50. The number of nitrogen functional groups attached to an aromatic ring is 1. The normalized spacial score (nSPS) is 16.5. The Kier molecular flexibility index (Phi) is 5.43. The van der Waals surface area contributed by atoms with Crippen molar-refractivity contribution in [3.05, 3.63) is 23.0 Å². The first-order valence-corrected chi connectivity index (χ1v) is 8.62. The zero-order valence-corrected chi connectivity index (χ0v) is 13.0. The van der Waals surface area contributed by atoms with Gasteiger partial charge in [-0.15, -0.1) is 0 Å². The van der Waals surface area contributed by atoms with Crippen LogP contribution in [0.4, 0.5) is 10.1 Å². The first-order chi connectivity index (χ1) is 9.90. The summed E-state index contributed by atoms with van der Waals surface area (Å²) >= 11 is 5.60. The van der Waals surface area contributed by atoms with Gasteiger partial charge in [0.2, 0.25) is 10.0 Å². The van der Waals surface area contributed by atoms with Gasteiger partial charge in [0.25, 0.3) is 0 Å². The number of nitrogens with two attached hydrogens (primary N) is 1. The lowest BCUT2D eigenvalue weighted by atomic mass is 10.3. The van der Waals surface area contributed by atoms with Crippen LogP contribution < -0.4 is 10.5 Å². The van der Waals surface area contributed by atoms with Crippen molar-refractivity contribution < 1.29 is 17.5 Å². The van der Waals surface area contributed by atoms with E-state index in [1.165, 1.54) is 6.07 Å². The summed E-state index contributed by atoms with van der Waals surface area (Å²) in [6.45, 7) is 0.326. The fourth-order valence-electron chi connectivity index (χ4n) is 2.31. The van der Waals surface area contributed by atoms with Crippen molar-refractivity contribution in [2.75, 3.05) is 18.9 Å². The van der Waals surface area contributed by atoms with E-state index in [1.807, 2.05) is 0 Å². The zero-order chi connectivity index (χ0) is 15.5. The zero-order valence-electron chi connectivity index (χ0n) is 11.4. The Bertz CT molecular complexity index is 604. The summed E-state index contributed by atoms with van der Waals surface area (Å²) in [6, 6.07) is 2.21. The lowest BCUT2D eigenvalue weighted by Gasteiger charge is -2.12. The molecule has 0 aromatic heterocycles. The number of nitrogens with one attached hydrogen (secondary N) is 1. The van der Waals surface area contributed by atoms with Crippen molar-refractivity contribution >= 4 is 27.3 Å². The fourth-order valence-corrected chi connectivity index (χ4v) is 3.74. The summed E-state index contributed by atoms with van der Waals surface area (Å²) < 4.78 is 45.7. The highest BCUT2D eigenvalue weighted by Gasteiger charge is 2.22. The second kappa shape index (κ2) is 6.91. The molecule has 0 unspecified atom stereocenters. The van der Waals surface area contributed by atoms with Crippen LogP contribution in [0.25, 0.3) is 0 Å². The van der Waals surface area contributed by atoms with E-state index in [0.717, 1.165) is 31.7 Å². The van der Waals surface area contributed by atoms with E-state index in [4.69, 9.17) is 22.1 Å². The van der Waals surface area contributed by atoms with Gasteiger partial charge in [-0.2, -0.15) is 0 Å². The van der Waals surface area contributed by atoms with E-state index in [0.29, 0.717) is 0 Å². The lowest BCUT2D eigenvalue weighted by Crippen LogP contribution is -2.29. The Hall–Kier alpha value is -0.890. The van der Waals surface area contributed by atoms with Crippen LogP contribution in [-0.4, -0.2) is 27.7 Å². The van der Waals surface area contributed by atoms with Crippen molar-refractivity contribution in [2.45, 2.75) is 36.7 Å². The Balaban J connectivity index is 1.95. The second-order valence-electron chi connectivity index (χ2n) is 4.99. The Morgan fingerprint density at radius 2 is 2.05 bits per heavy atom. The highest BCUT2D eigenvalue weighted by Crippen LogP contribution is 2.25. The third kappa shape index (κ3) is 4.29. The third-order valence-corrected chi connectivity index (χ3v) is 5.09. The molecule has 0 saturated heterocycles.